The Morgan fingerprint density at radius 3 is 2.44 bits per heavy atom. The molecule has 1 saturated heterocycles. The fourth-order valence-electron chi connectivity index (χ4n) is 3.26. The van der Waals surface area contributed by atoms with Gasteiger partial charge < -0.3 is 14.7 Å². The molecule has 0 radical (unpaired) electrons. The Morgan fingerprint density at radius 1 is 1.24 bits per heavy atom. The Balaban J connectivity index is 1.93. The van der Waals surface area contributed by atoms with Crippen LogP contribution in [0, 0.1) is 0 Å². The number of amides is 1. The van der Waals surface area contributed by atoms with Gasteiger partial charge in [0.2, 0.25) is 0 Å². The van der Waals surface area contributed by atoms with Crippen LogP contribution >= 0.6 is 0 Å². The molecule has 5 nitrogen and oxygen atoms in total. The van der Waals surface area contributed by atoms with Gasteiger partial charge in [-0.3, -0.25) is 5.32 Å². The SMILES string of the molecule is CC(C)(O)CN1CCC(c2cccc(NC(=O)OC(C)(C)C)c2)CC1. The quantitative estimate of drug-likeness (QED) is 0.864. The highest BCUT2D eigenvalue weighted by molar-refractivity contribution is 5.84. The van der Waals surface area contributed by atoms with Crippen LogP contribution in [-0.4, -0.2) is 46.9 Å². The van der Waals surface area contributed by atoms with E-state index in [9.17, 15) is 9.90 Å². The van der Waals surface area contributed by atoms with Crippen molar-refractivity contribution < 1.29 is 14.6 Å². The molecule has 1 aliphatic heterocycles. The van der Waals surface area contributed by atoms with Crippen molar-refractivity contribution >= 4 is 11.8 Å². The number of hydrogen-bond donors (Lipinski definition) is 2. The second-order valence-electron chi connectivity index (χ2n) is 8.62. The molecule has 140 valence electrons. The number of nitrogens with zero attached hydrogens (tertiary/aromatic N) is 1. The van der Waals surface area contributed by atoms with Crippen LogP contribution in [0.2, 0.25) is 0 Å². The zero-order valence-corrected chi connectivity index (χ0v) is 16.1. The van der Waals surface area contributed by atoms with Crippen molar-refractivity contribution in [3.05, 3.63) is 29.8 Å². The lowest BCUT2D eigenvalue weighted by Crippen LogP contribution is -2.42. The molecule has 2 N–H and O–H groups in total. The van der Waals surface area contributed by atoms with Gasteiger partial charge in [-0.25, -0.2) is 4.79 Å². The number of β-amino-alcohol motifs (C(OH)–C–C–N with tert-alkyl or cyclic N) is 1. The second kappa shape index (κ2) is 7.75. The number of aliphatic hydroxyl groups is 1. The van der Waals surface area contributed by atoms with E-state index in [-0.39, 0.29) is 0 Å². The van der Waals surface area contributed by atoms with Crippen molar-refractivity contribution in [2.24, 2.45) is 0 Å². The average molecular weight is 348 g/mol. The molecule has 0 aliphatic carbocycles. The zero-order chi connectivity index (χ0) is 18.7. The molecule has 1 amide bonds. The minimum Gasteiger partial charge on any atom is -0.444 e. The third-order valence-corrected chi connectivity index (χ3v) is 4.20. The first-order valence-corrected chi connectivity index (χ1v) is 9.06. The van der Waals surface area contributed by atoms with E-state index in [0.717, 1.165) is 31.6 Å². The third kappa shape index (κ3) is 7.04. The first-order valence-electron chi connectivity index (χ1n) is 9.06. The Labute approximate surface area is 151 Å². The van der Waals surface area contributed by atoms with Crippen molar-refractivity contribution in [1.29, 1.82) is 0 Å². The summed E-state index contributed by atoms with van der Waals surface area (Å²) in [6.07, 6.45) is 1.70. The van der Waals surface area contributed by atoms with Crippen molar-refractivity contribution in [1.82, 2.24) is 4.90 Å². The van der Waals surface area contributed by atoms with Crippen molar-refractivity contribution in [2.75, 3.05) is 25.0 Å². The van der Waals surface area contributed by atoms with Gasteiger partial charge in [-0.15, -0.1) is 0 Å². The maximum atomic E-state index is 11.9. The fourth-order valence-corrected chi connectivity index (χ4v) is 3.26. The molecule has 0 bridgehead atoms. The van der Waals surface area contributed by atoms with Crippen LogP contribution in [0.4, 0.5) is 10.5 Å². The van der Waals surface area contributed by atoms with Crippen LogP contribution in [0.3, 0.4) is 0 Å². The van der Waals surface area contributed by atoms with E-state index < -0.39 is 17.3 Å². The van der Waals surface area contributed by atoms with Crippen molar-refractivity contribution in [2.45, 2.75) is 64.6 Å². The molecule has 0 atom stereocenters. The van der Waals surface area contributed by atoms with Crippen molar-refractivity contribution in [3.63, 3.8) is 0 Å². The first-order chi connectivity index (χ1) is 11.5. The molecule has 0 aromatic heterocycles. The summed E-state index contributed by atoms with van der Waals surface area (Å²) < 4.78 is 5.31. The molecule has 1 heterocycles. The van der Waals surface area contributed by atoms with Crippen molar-refractivity contribution in [3.8, 4) is 0 Å². The first kappa shape index (κ1) is 19.7. The van der Waals surface area contributed by atoms with E-state index in [4.69, 9.17) is 4.74 Å². The molecule has 0 saturated carbocycles. The summed E-state index contributed by atoms with van der Waals surface area (Å²) in [6.45, 7) is 11.9. The largest absolute Gasteiger partial charge is 0.444 e. The van der Waals surface area contributed by atoms with Gasteiger partial charge in [0.05, 0.1) is 5.60 Å². The number of likely N-dealkylation sites (tertiary alicyclic amines) is 1. The Morgan fingerprint density at radius 2 is 1.88 bits per heavy atom. The molecule has 5 heteroatoms. The van der Waals surface area contributed by atoms with E-state index in [1.165, 1.54) is 5.56 Å². The molecule has 0 spiro atoms. The summed E-state index contributed by atoms with van der Waals surface area (Å²) in [7, 11) is 0. The summed E-state index contributed by atoms with van der Waals surface area (Å²) in [5.74, 6) is 0.485. The number of anilines is 1. The highest BCUT2D eigenvalue weighted by Gasteiger charge is 2.25. The van der Waals surface area contributed by atoms with Gasteiger partial charge in [0.1, 0.15) is 5.60 Å². The number of benzene rings is 1. The number of ether oxygens (including phenoxy) is 1. The molecule has 0 unspecified atom stereocenters. The smallest absolute Gasteiger partial charge is 0.412 e. The van der Waals surface area contributed by atoms with E-state index >= 15 is 0 Å². The summed E-state index contributed by atoms with van der Waals surface area (Å²) in [5.41, 5.74) is 0.862. The number of carbonyl (C=O) groups is 1. The molecule has 25 heavy (non-hydrogen) atoms. The fraction of sp³-hybridized carbons (Fsp3) is 0.650. The number of piperidine rings is 1. The van der Waals surface area contributed by atoms with Gasteiger partial charge in [-0.1, -0.05) is 12.1 Å². The highest BCUT2D eigenvalue weighted by Crippen LogP contribution is 2.30. The Bertz CT molecular complexity index is 579. The minimum absolute atomic E-state index is 0.426. The van der Waals surface area contributed by atoms with E-state index in [1.807, 2.05) is 52.8 Å². The average Bonchev–Trinajstić information content (AvgIpc) is 2.44. The Kier molecular flexibility index (Phi) is 6.12. The lowest BCUT2D eigenvalue weighted by molar-refractivity contribution is 0.0282. The van der Waals surface area contributed by atoms with E-state index in [0.29, 0.717) is 12.5 Å². The van der Waals surface area contributed by atoms with Crippen LogP contribution in [0.5, 0.6) is 0 Å². The highest BCUT2D eigenvalue weighted by atomic mass is 16.6. The van der Waals surface area contributed by atoms with Gasteiger partial charge in [0, 0.05) is 12.2 Å². The molecule has 1 fully saturated rings. The standard InChI is InChI=1S/C20H32N2O3/c1-19(2,3)25-18(23)21-17-8-6-7-16(13-17)15-9-11-22(12-10-15)14-20(4,5)24/h6-8,13,15,24H,9-12,14H2,1-5H3,(H,21,23). The maximum absolute atomic E-state index is 11.9. The van der Waals surface area contributed by atoms with Gasteiger partial charge >= 0.3 is 6.09 Å². The third-order valence-electron chi connectivity index (χ3n) is 4.20. The van der Waals surface area contributed by atoms with E-state index in [2.05, 4.69) is 16.3 Å². The number of nitrogens with one attached hydrogen (secondary N) is 1. The zero-order valence-electron chi connectivity index (χ0n) is 16.1. The molecular weight excluding hydrogens is 316 g/mol. The summed E-state index contributed by atoms with van der Waals surface area (Å²) in [4.78, 5) is 14.2. The lowest BCUT2D eigenvalue weighted by Gasteiger charge is -2.35. The van der Waals surface area contributed by atoms with Crippen LogP contribution in [0.25, 0.3) is 0 Å². The topological polar surface area (TPSA) is 61.8 Å². The normalized spacial score (nSPS) is 17.4. The molecule has 1 aromatic carbocycles. The number of carbonyl (C=O) groups excluding carboxylic acids is 1. The minimum atomic E-state index is -0.649. The van der Waals surface area contributed by atoms with Crippen LogP contribution in [0.15, 0.2) is 24.3 Å². The van der Waals surface area contributed by atoms with Crippen LogP contribution in [-0.2, 0) is 4.74 Å². The van der Waals surface area contributed by atoms with Gasteiger partial charge in [0.15, 0.2) is 0 Å². The van der Waals surface area contributed by atoms with E-state index in [1.54, 1.807) is 0 Å². The molecule has 1 aromatic rings. The summed E-state index contributed by atoms with van der Waals surface area (Å²) >= 11 is 0. The Hall–Kier alpha value is -1.59. The van der Waals surface area contributed by atoms with Crippen LogP contribution < -0.4 is 5.32 Å². The molecule has 2 rings (SSSR count). The number of rotatable bonds is 4. The predicted molar refractivity (Wildman–Crippen MR) is 101 cm³/mol. The molecule has 1 aliphatic rings. The number of hydrogen-bond acceptors (Lipinski definition) is 4. The van der Waals surface area contributed by atoms with Crippen LogP contribution in [0.1, 0.15) is 58.9 Å². The summed E-state index contributed by atoms with van der Waals surface area (Å²) in [5, 5.41) is 12.8. The second-order valence-corrected chi connectivity index (χ2v) is 8.62. The lowest BCUT2D eigenvalue weighted by atomic mass is 9.89. The van der Waals surface area contributed by atoms with Gasteiger partial charge in [0.25, 0.3) is 0 Å². The van der Waals surface area contributed by atoms with Gasteiger partial charge in [-0.2, -0.15) is 0 Å². The maximum Gasteiger partial charge on any atom is 0.412 e. The van der Waals surface area contributed by atoms with Gasteiger partial charge in [-0.05, 0) is 84.2 Å². The summed E-state index contributed by atoms with van der Waals surface area (Å²) in [6, 6.07) is 8.03. The monoisotopic (exact) mass is 348 g/mol. The predicted octanol–water partition coefficient (Wildman–Crippen LogP) is 3.98. The molecular formula is C20H32N2O3.